The SMILES string of the molecule is N#C/C(=C/Nc1ncn[nH]1)C(=O)Nc1ccc(N)cc1Cl. The fourth-order valence-electron chi connectivity index (χ4n) is 1.39. The predicted molar refractivity (Wildman–Crippen MR) is 78.2 cm³/mol. The molecule has 8 nitrogen and oxygen atoms in total. The van der Waals surface area contributed by atoms with E-state index in [0.717, 1.165) is 0 Å². The Morgan fingerprint density at radius 1 is 1.52 bits per heavy atom. The van der Waals surface area contributed by atoms with Crippen molar-refractivity contribution in [2.75, 3.05) is 16.4 Å². The molecular weight excluding hydrogens is 294 g/mol. The molecule has 1 amide bonds. The summed E-state index contributed by atoms with van der Waals surface area (Å²) < 4.78 is 0. The van der Waals surface area contributed by atoms with Gasteiger partial charge in [0.15, 0.2) is 0 Å². The van der Waals surface area contributed by atoms with Crippen LogP contribution in [0, 0.1) is 11.3 Å². The first-order valence-electron chi connectivity index (χ1n) is 5.68. The molecule has 106 valence electrons. The van der Waals surface area contributed by atoms with Gasteiger partial charge in [-0.3, -0.25) is 4.79 Å². The maximum Gasteiger partial charge on any atom is 0.267 e. The number of carbonyl (C=O) groups excluding carboxylic acids is 1. The third-order valence-electron chi connectivity index (χ3n) is 2.37. The van der Waals surface area contributed by atoms with Crippen molar-refractivity contribution in [1.29, 1.82) is 5.26 Å². The average Bonchev–Trinajstić information content (AvgIpc) is 2.96. The second-order valence-corrected chi connectivity index (χ2v) is 4.25. The fourth-order valence-corrected chi connectivity index (χ4v) is 1.62. The van der Waals surface area contributed by atoms with Gasteiger partial charge in [0.2, 0.25) is 5.95 Å². The first-order valence-corrected chi connectivity index (χ1v) is 6.06. The van der Waals surface area contributed by atoms with Gasteiger partial charge in [0.25, 0.3) is 5.91 Å². The summed E-state index contributed by atoms with van der Waals surface area (Å²) >= 11 is 5.94. The third-order valence-corrected chi connectivity index (χ3v) is 2.69. The summed E-state index contributed by atoms with van der Waals surface area (Å²) in [5.41, 5.74) is 6.24. The number of nitrogen functional groups attached to an aromatic ring is 1. The molecule has 5 N–H and O–H groups in total. The Kier molecular flexibility index (Phi) is 4.38. The van der Waals surface area contributed by atoms with Crippen LogP contribution in [0.5, 0.6) is 0 Å². The lowest BCUT2D eigenvalue weighted by Crippen LogP contribution is -2.15. The van der Waals surface area contributed by atoms with Crippen LogP contribution in [-0.2, 0) is 4.79 Å². The number of carbonyl (C=O) groups is 1. The largest absolute Gasteiger partial charge is 0.399 e. The van der Waals surface area contributed by atoms with E-state index in [4.69, 9.17) is 22.6 Å². The molecule has 2 aromatic rings. The highest BCUT2D eigenvalue weighted by atomic mass is 35.5. The predicted octanol–water partition coefficient (Wildman–Crippen LogP) is 1.50. The lowest BCUT2D eigenvalue weighted by Gasteiger charge is -2.07. The van der Waals surface area contributed by atoms with Gasteiger partial charge in [-0.25, -0.2) is 5.10 Å². The molecule has 9 heteroatoms. The second kappa shape index (κ2) is 6.40. The van der Waals surface area contributed by atoms with Crippen molar-refractivity contribution in [3.8, 4) is 6.07 Å². The lowest BCUT2D eigenvalue weighted by molar-refractivity contribution is -0.112. The molecule has 0 aliphatic carbocycles. The molecule has 0 atom stereocenters. The highest BCUT2D eigenvalue weighted by Crippen LogP contribution is 2.24. The zero-order valence-electron chi connectivity index (χ0n) is 10.6. The molecule has 1 aromatic heterocycles. The van der Waals surface area contributed by atoms with Crippen LogP contribution in [0.2, 0.25) is 5.02 Å². The molecule has 0 unspecified atom stereocenters. The number of benzene rings is 1. The van der Waals surface area contributed by atoms with E-state index in [1.807, 2.05) is 0 Å². The van der Waals surface area contributed by atoms with Gasteiger partial charge in [-0.05, 0) is 18.2 Å². The Morgan fingerprint density at radius 2 is 2.33 bits per heavy atom. The number of hydrogen-bond acceptors (Lipinski definition) is 6. The molecule has 0 radical (unpaired) electrons. The Morgan fingerprint density at radius 3 is 2.95 bits per heavy atom. The first-order chi connectivity index (χ1) is 10.1. The molecule has 0 spiro atoms. The van der Waals surface area contributed by atoms with Gasteiger partial charge >= 0.3 is 0 Å². The van der Waals surface area contributed by atoms with Gasteiger partial charge in [-0.1, -0.05) is 11.6 Å². The van der Waals surface area contributed by atoms with Crippen LogP contribution in [-0.4, -0.2) is 21.1 Å². The number of aromatic nitrogens is 3. The van der Waals surface area contributed by atoms with E-state index in [1.54, 1.807) is 18.2 Å². The molecule has 2 rings (SSSR count). The Labute approximate surface area is 124 Å². The maximum absolute atomic E-state index is 12.0. The van der Waals surface area contributed by atoms with Gasteiger partial charge in [0.1, 0.15) is 18.0 Å². The van der Waals surface area contributed by atoms with E-state index in [1.165, 1.54) is 18.6 Å². The minimum Gasteiger partial charge on any atom is -0.399 e. The molecular formula is C12H10ClN7O. The zero-order valence-corrected chi connectivity index (χ0v) is 11.3. The third kappa shape index (κ3) is 3.71. The number of nitrogens with two attached hydrogens (primary N) is 1. The molecule has 1 heterocycles. The van der Waals surface area contributed by atoms with Crippen molar-refractivity contribution in [2.24, 2.45) is 0 Å². The molecule has 0 aliphatic heterocycles. The molecule has 1 aromatic carbocycles. The normalized spacial score (nSPS) is 10.8. The minimum absolute atomic E-state index is 0.153. The first kappa shape index (κ1) is 14.4. The quantitative estimate of drug-likeness (QED) is 0.384. The van der Waals surface area contributed by atoms with Crippen LogP contribution in [0.3, 0.4) is 0 Å². The van der Waals surface area contributed by atoms with Crippen LogP contribution in [0.4, 0.5) is 17.3 Å². The van der Waals surface area contributed by atoms with Crippen molar-refractivity contribution in [3.05, 3.63) is 41.3 Å². The van der Waals surface area contributed by atoms with E-state index < -0.39 is 5.91 Å². The second-order valence-electron chi connectivity index (χ2n) is 3.84. The summed E-state index contributed by atoms with van der Waals surface area (Å²) in [7, 11) is 0. The van der Waals surface area contributed by atoms with Crippen molar-refractivity contribution in [1.82, 2.24) is 15.2 Å². The van der Waals surface area contributed by atoms with Crippen LogP contribution < -0.4 is 16.4 Å². The summed E-state index contributed by atoms with van der Waals surface area (Å²) in [6, 6.07) is 6.41. The molecule has 0 fully saturated rings. The highest BCUT2D eigenvalue weighted by Gasteiger charge is 2.11. The standard InChI is InChI=1S/C12H10ClN7O/c13-9-3-8(15)1-2-10(9)19-11(21)7(4-14)5-16-12-17-6-18-20-12/h1-3,5-6H,15H2,(H,19,21)(H2,16,17,18,20)/b7-5-. The number of aromatic amines is 1. The molecule has 21 heavy (non-hydrogen) atoms. The number of H-pyrrole nitrogens is 1. The number of nitrogens with zero attached hydrogens (tertiary/aromatic N) is 3. The fraction of sp³-hybridized carbons (Fsp3) is 0. The minimum atomic E-state index is -0.615. The number of nitriles is 1. The molecule has 0 aliphatic rings. The number of hydrogen-bond donors (Lipinski definition) is 4. The van der Waals surface area contributed by atoms with Crippen molar-refractivity contribution in [2.45, 2.75) is 0 Å². The summed E-state index contributed by atoms with van der Waals surface area (Å²) in [4.78, 5) is 15.8. The average molecular weight is 304 g/mol. The monoisotopic (exact) mass is 303 g/mol. The Bertz CT molecular complexity index is 718. The molecule has 0 saturated carbocycles. The highest BCUT2D eigenvalue weighted by molar-refractivity contribution is 6.34. The summed E-state index contributed by atoms with van der Waals surface area (Å²) in [5, 5.41) is 20.6. The zero-order chi connectivity index (χ0) is 15.2. The van der Waals surface area contributed by atoms with Crippen molar-refractivity contribution in [3.63, 3.8) is 0 Å². The van der Waals surface area contributed by atoms with Crippen molar-refractivity contribution < 1.29 is 4.79 Å². The van der Waals surface area contributed by atoms with E-state index in [2.05, 4.69) is 25.8 Å². The van der Waals surface area contributed by atoms with Crippen LogP contribution in [0.25, 0.3) is 0 Å². The smallest absolute Gasteiger partial charge is 0.267 e. The number of amides is 1. The van der Waals surface area contributed by atoms with Crippen molar-refractivity contribution >= 4 is 34.8 Å². The number of nitrogens with one attached hydrogen (secondary N) is 3. The van der Waals surface area contributed by atoms with Gasteiger partial charge in [0, 0.05) is 11.9 Å². The van der Waals surface area contributed by atoms with Crippen LogP contribution >= 0.6 is 11.6 Å². The Balaban J connectivity index is 2.10. The van der Waals surface area contributed by atoms with Gasteiger partial charge < -0.3 is 16.4 Å². The number of rotatable bonds is 4. The van der Waals surface area contributed by atoms with Gasteiger partial charge in [0.05, 0.1) is 10.7 Å². The van der Waals surface area contributed by atoms with Gasteiger partial charge in [-0.2, -0.15) is 15.3 Å². The summed E-state index contributed by atoms with van der Waals surface area (Å²) in [6.07, 6.45) is 2.50. The van der Waals surface area contributed by atoms with Crippen LogP contribution in [0.15, 0.2) is 36.3 Å². The van der Waals surface area contributed by atoms with E-state index in [0.29, 0.717) is 17.3 Å². The topological polar surface area (TPSA) is 133 Å². The van der Waals surface area contributed by atoms with E-state index in [-0.39, 0.29) is 10.6 Å². The van der Waals surface area contributed by atoms with E-state index in [9.17, 15) is 4.79 Å². The van der Waals surface area contributed by atoms with Crippen LogP contribution in [0.1, 0.15) is 0 Å². The summed E-state index contributed by atoms with van der Waals surface area (Å²) in [5.74, 6) is -0.308. The number of halogens is 1. The maximum atomic E-state index is 12.0. The molecule has 0 bridgehead atoms. The lowest BCUT2D eigenvalue weighted by atomic mass is 10.2. The van der Waals surface area contributed by atoms with E-state index >= 15 is 0 Å². The Hall–Kier alpha value is -3.05. The summed E-state index contributed by atoms with van der Waals surface area (Å²) in [6.45, 7) is 0. The molecule has 0 saturated heterocycles. The van der Waals surface area contributed by atoms with Gasteiger partial charge in [-0.15, -0.1) is 0 Å². The number of anilines is 3.